The Morgan fingerprint density at radius 1 is 1.38 bits per heavy atom. The molecular formula is C10H12N2O. The highest BCUT2D eigenvalue weighted by atomic mass is 16.3. The lowest BCUT2D eigenvalue weighted by atomic mass is 10.1. The molecule has 68 valence electrons. The highest BCUT2D eigenvalue weighted by Gasteiger charge is 2.15. The van der Waals surface area contributed by atoms with E-state index in [4.69, 9.17) is 0 Å². The summed E-state index contributed by atoms with van der Waals surface area (Å²) < 4.78 is 0. The number of hydrogen-bond donors (Lipinski definition) is 2. The summed E-state index contributed by atoms with van der Waals surface area (Å²) in [6.07, 6.45) is 0.0691. The Morgan fingerprint density at radius 3 is 2.62 bits per heavy atom. The number of aryl methyl sites for hydroxylation is 1. The van der Waals surface area contributed by atoms with E-state index in [1.165, 1.54) is 5.56 Å². The molecule has 3 nitrogen and oxygen atoms in total. The minimum atomic E-state index is -0.517. The topological polar surface area (TPSA) is 44.6 Å². The Labute approximate surface area is 77.1 Å². The molecular weight excluding hydrogens is 164 g/mol. The minimum Gasteiger partial charge on any atom is -0.372 e. The summed E-state index contributed by atoms with van der Waals surface area (Å²) in [5, 5.41) is 13.2. The van der Waals surface area contributed by atoms with Gasteiger partial charge in [-0.25, -0.2) is 0 Å². The van der Waals surface area contributed by atoms with Gasteiger partial charge in [-0.15, -0.1) is 0 Å². The van der Waals surface area contributed by atoms with Crippen molar-refractivity contribution in [1.29, 1.82) is 0 Å². The average molecular weight is 176 g/mol. The van der Waals surface area contributed by atoms with Crippen molar-refractivity contribution in [2.24, 2.45) is 5.10 Å². The fraction of sp³-hybridized carbons (Fsp3) is 0.300. The van der Waals surface area contributed by atoms with Crippen molar-refractivity contribution in [3.63, 3.8) is 0 Å². The maximum atomic E-state index is 9.19. The lowest BCUT2D eigenvalue weighted by Gasteiger charge is -2.00. The molecule has 1 unspecified atom stereocenters. The number of nitrogens with zero attached hydrogens (tertiary/aromatic N) is 1. The number of aliphatic hydroxyl groups excluding tert-OH is 1. The van der Waals surface area contributed by atoms with Crippen molar-refractivity contribution in [3.05, 3.63) is 35.4 Å². The van der Waals surface area contributed by atoms with Gasteiger partial charge in [-0.3, -0.25) is 5.43 Å². The highest BCUT2D eigenvalue weighted by molar-refractivity contribution is 6.01. The molecule has 13 heavy (non-hydrogen) atoms. The molecule has 1 aliphatic rings. The summed E-state index contributed by atoms with van der Waals surface area (Å²) in [5.41, 5.74) is 5.86. The first-order valence-electron chi connectivity index (χ1n) is 4.33. The van der Waals surface area contributed by atoms with Gasteiger partial charge in [0, 0.05) is 6.42 Å². The molecule has 0 saturated heterocycles. The van der Waals surface area contributed by atoms with Crippen LogP contribution < -0.4 is 5.43 Å². The number of aliphatic hydroxyl groups is 1. The van der Waals surface area contributed by atoms with Crippen molar-refractivity contribution in [1.82, 2.24) is 5.43 Å². The Hall–Kier alpha value is -1.35. The van der Waals surface area contributed by atoms with Gasteiger partial charge in [0.05, 0.1) is 5.71 Å². The number of rotatable bonds is 1. The molecule has 0 aromatic heterocycles. The second kappa shape index (κ2) is 3.18. The van der Waals surface area contributed by atoms with E-state index in [1.54, 1.807) is 0 Å². The Balaban J connectivity index is 2.22. The maximum absolute atomic E-state index is 9.19. The van der Waals surface area contributed by atoms with Gasteiger partial charge < -0.3 is 5.11 Å². The van der Waals surface area contributed by atoms with Crippen LogP contribution in [0.1, 0.15) is 17.5 Å². The van der Waals surface area contributed by atoms with E-state index in [1.807, 2.05) is 31.2 Å². The van der Waals surface area contributed by atoms with Crippen molar-refractivity contribution in [3.8, 4) is 0 Å². The van der Waals surface area contributed by atoms with Crippen molar-refractivity contribution in [2.75, 3.05) is 0 Å². The zero-order valence-corrected chi connectivity index (χ0v) is 7.49. The minimum absolute atomic E-state index is 0.517. The van der Waals surface area contributed by atoms with Crippen molar-refractivity contribution >= 4 is 5.71 Å². The van der Waals surface area contributed by atoms with Crippen LogP contribution in [-0.2, 0) is 0 Å². The maximum Gasteiger partial charge on any atom is 0.145 e. The van der Waals surface area contributed by atoms with Gasteiger partial charge in [0.1, 0.15) is 6.23 Å². The molecule has 0 radical (unpaired) electrons. The van der Waals surface area contributed by atoms with Gasteiger partial charge in [0.2, 0.25) is 0 Å². The van der Waals surface area contributed by atoms with Gasteiger partial charge in [-0.05, 0) is 12.5 Å². The summed E-state index contributed by atoms with van der Waals surface area (Å²) in [4.78, 5) is 0. The molecule has 1 atom stereocenters. The molecule has 2 rings (SSSR count). The first-order chi connectivity index (χ1) is 6.25. The van der Waals surface area contributed by atoms with Crippen LogP contribution >= 0.6 is 0 Å². The van der Waals surface area contributed by atoms with Crippen molar-refractivity contribution in [2.45, 2.75) is 19.6 Å². The second-order valence-corrected chi connectivity index (χ2v) is 3.27. The second-order valence-electron chi connectivity index (χ2n) is 3.27. The van der Waals surface area contributed by atoms with Crippen LogP contribution in [0.4, 0.5) is 0 Å². The molecule has 0 spiro atoms. The quantitative estimate of drug-likeness (QED) is 0.670. The average Bonchev–Trinajstić information content (AvgIpc) is 2.53. The number of benzene rings is 1. The van der Waals surface area contributed by atoms with E-state index in [-0.39, 0.29) is 0 Å². The zero-order valence-electron chi connectivity index (χ0n) is 7.49. The Morgan fingerprint density at radius 2 is 2.08 bits per heavy atom. The molecule has 1 aromatic carbocycles. The lowest BCUT2D eigenvalue weighted by molar-refractivity contribution is 0.158. The van der Waals surface area contributed by atoms with Crippen LogP contribution in [-0.4, -0.2) is 17.0 Å². The third-order valence-electron chi connectivity index (χ3n) is 2.12. The lowest BCUT2D eigenvalue weighted by Crippen LogP contribution is -2.17. The van der Waals surface area contributed by atoms with Crippen LogP contribution in [0.3, 0.4) is 0 Å². The van der Waals surface area contributed by atoms with Crippen LogP contribution in [0.25, 0.3) is 0 Å². The smallest absolute Gasteiger partial charge is 0.145 e. The number of hydrogen-bond acceptors (Lipinski definition) is 3. The van der Waals surface area contributed by atoms with Crippen molar-refractivity contribution < 1.29 is 5.11 Å². The fourth-order valence-corrected chi connectivity index (χ4v) is 1.36. The van der Waals surface area contributed by atoms with E-state index in [9.17, 15) is 5.11 Å². The molecule has 0 saturated carbocycles. The molecule has 2 N–H and O–H groups in total. The molecule has 1 heterocycles. The summed E-state index contributed by atoms with van der Waals surface area (Å²) in [6, 6.07) is 8.13. The number of nitrogens with one attached hydrogen (secondary N) is 1. The van der Waals surface area contributed by atoms with E-state index < -0.39 is 6.23 Å². The zero-order chi connectivity index (χ0) is 9.26. The van der Waals surface area contributed by atoms with E-state index in [0.717, 1.165) is 11.3 Å². The molecule has 0 aliphatic carbocycles. The van der Waals surface area contributed by atoms with E-state index in [0.29, 0.717) is 6.42 Å². The third-order valence-corrected chi connectivity index (χ3v) is 2.12. The van der Waals surface area contributed by atoms with Gasteiger partial charge >= 0.3 is 0 Å². The summed E-state index contributed by atoms with van der Waals surface area (Å²) in [7, 11) is 0. The summed E-state index contributed by atoms with van der Waals surface area (Å²) in [5.74, 6) is 0. The molecule has 0 fully saturated rings. The normalized spacial score (nSPS) is 21.1. The molecule has 0 bridgehead atoms. The predicted molar refractivity (Wildman–Crippen MR) is 51.5 cm³/mol. The molecule has 1 aromatic rings. The third kappa shape index (κ3) is 1.70. The molecule has 1 aliphatic heterocycles. The van der Waals surface area contributed by atoms with Gasteiger partial charge in [-0.2, -0.15) is 5.10 Å². The highest BCUT2D eigenvalue weighted by Crippen LogP contribution is 2.11. The fourth-order valence-electron chi connectivity index (χ4n) is 1.36. The first kappa shape index (κ1) is 8.26. The monoisotopic (exact) mass is 176 g/mol. The first-order valence-corrected chi connectivity index (χ1v) is 4.33. The predicted octanol–water partition coefficient (Wildman–Crippen LogP) is 1.01. The number of hydrazone groups is 1. The molecule has 3 heteroatoms. The summed E-state index contributed by atoms with van der Waals surface area (Å²) in [6.45, 7) is 2.05. The van der Waals surface area contributed by atoms with E-state index >= 15 is 0 Å². The largest absolute Gasteiger partial charge is 0.372 e. The van der Waals surface area contributed by atoms with Crippen LogP contribution in [0.2, 0.25) is 0 Å². The Bertz CT molecular complexity index is 329. The van der Waals surface area contributed by atoms with Crippen LogP contribution in [0.5, 0.6) is 0 Å². The Kier molecular flexibility index (Phi) is 2.02. The van der Waals surface area contributed by atoms with Gasteiger partial charge in [0.25, 0.3) is 0 Å². The van der Waals surface area contributed by atoms with Crippen LogP contribution in [0, 0.1) is 6.92 Å². The SMILES string of the molecule is Cc1ccc(C2=NNC(O)C2)cc1. The standard InChI is InChI=1S/C10H12N2O/c1-7-2-4-8(5-3-7)9-6-10(13)12-11-9/h2-5,10,12-13H,6H2,1H3. The summed E-state index contributed by atoms with van der Waals surface area (Å²) >= 11 is 0. The van der Waals surface area contributed by atoms with E-state index in [2.05, 4.69) is 10.5 Å². The van der Waals surface area contributed by atoms with Crippen LogP contribution in [0.15, 0.2) is 29.4 Å². The van der Waals surface area contributed by atoms with Gasteiger partial charge in [0.15, 0.2) is 0 Å². The molecule has 0 amide bonds. The van der Waals surface area contributed by atoms with Gasteiger partial charge in [-0.1, -0.05) is 29.8 Å².